The van der Waals surface area contributed by atoms with Crippen molar-refractivity contribution in [1.82, 2.24) is 20.0 Å². The fraction of sp³-hybridized carbons (Fsp3) is 0.444. The van der Waals surface area contributed by atoms with E-state index in [1.54, 1.807) is 19.1 Å². The van der Waals surface area contributed by atoms with Gasteiger partial charge in [0.25, 0.3) is 0 Å². The fourth-order valence-electron chi connectivity index (χ4n) is 3.10. The summed E-state index contributed by atoms with van der Waals surface area (Å²) in [7, 11) is 2.04. The molecule has 8 heteroatoms. The molecule has 7 nitrogen and oxygen atoms in total. The molecule has 0 radical (unpaired) electrons. The number of amides is 2. The number of aromatic nitrogens is 2. The molecule has 140 valence electrons. The number of likely N-dealkylation sites (N-methyl/N-ethyl adjacent to an activating group) is 1. The second-order valence-electron chi connectivity index (χ2n) is 6.39. The highest BCUT2D eigenvalue weighted by atomic mass is 19.1. The van der Waals surface area contributed by atoms with Gasteiger partial charge in [-0.15, -0.1) is 0 Å². The predicted molar refractivity (Wildman–Crippen MR) is 96.7 cm³/mol. The average Bonchev–Trinajstić information content (AvgIpc) is 2.96. The van der Waals surface area contributed by atoms with Gasteiger partial charge >= 0.3 is 6.03 Å². The van der Waals surface area contributed by atoms with Gasteiger partial charge in [0.2, 0.25) is 0 Å². The van der Waals surface area contributed by atoms with Crippen molar-refractivity contribution in [3.8, 4) is 5.75 Å². The number of hydrogen-bond acceptors (Lipinski definition) is 4. The Balaban J connectivity index is 1.67. The smallest absolute Gasteiger partial charge is 0.320 e. The van der Waals surface area contributed by atoms with E-state index < -0.39 is 17.9 Å². The summed E-state index contributed by atoms with van der Waals surface area (Å²) < 4.78 is 21.6. The van der Waals surface area contributed by atoms with Gasteiger partial charge in [-0.1, -0.05) is 6.07 Å². The second kappa shape index (κ2) is 7.74. The number of rotatable bonds is 5. The Morgan fingerprint density at radius 3 is 3.00 bits per heavy atom. The highest BCUT2D eigenvalue weighted by Crippen LogP contribution is 2.28. The lowest BCUT2D eigenvalue weighted by molar-refractivity contribution is 0.248. The summed E-state index contributed by atoms with van der Waals surface area (Å²) in [5.74, 6) is 0.503. The number of carbonyl (C=O) groups excluding carboxylic acids is 1. The molecule has 0 saturated carbocycles. The van der Waals surface area contributed by atoms with E-state index in [9.17, 15) is 9.18 Å². The van der Waals surface area contributed by atoms with E-state index in [-0.39, 0.29) is 0 Å². The Bertz CT molecular complexity index is 792. The van der Waals surface area contributed by atoms with Crippen LogP contribution in [0.15, 0.2) is 24.3 Å². The zero-order valence-corrected chi connectivity index (χ0v) is 15.3. The number of nitrogens with zero attached hydrogens (tertiary/aromatic N) is 3. The van der Waals surface area contributed by atoms with Crippen molar-refractivity contribution in [2.24, 2.45) is 0 Å². The van der Waals surface area contributed by atoms with Gasteiger partial charge in [0, 0.05) is 19.2 Å². The molecule has 0 spiro atoms. The monoisotopic (exact) mass is 361 g/mol. The number of hydrogen-bond donors (Lipinski definition) is 2. The molecule has 2 aromatic rings. The first-order valence-electron chi connectivity index (χ1n) is 8.72. The Labute approximate surface area is 152 Å². The number of benzene rings is 1. The molecule has 0 saturated heterocycles. The Hall–Kier alpha value is -2.61. The summed E-state index contributed by atoms with van der Waals surface area (Å²) in [6.45, 7) is 6.47. The van der Waals surface area contributed by atoms with E-state index in [2.05, 4.69) is 20.6 Å². The molecule has 1 aliphatic heterocycles. The minimum absolute atomic E-state index is 0.329. The average molecular weight is 361 g/mol. The van der Waals surface area contributed by atoms with Crippen LogP contribution < -0.4 is 15.4 Å². The summed E-state index contributed by atoms with van der Waals surface area (Å²) >= 11 is 0. The zero-order valence-electron chi connectivity index (χ0n) is 15.3. The minimum atomic E-state index is -0.555. The van der Waals surface area contributed by atoms with Gasteiger partial charge in [0.15, 0.2) is 5.82 Å². The van der Waals surface area contributed by atoms with Crippen molar-refractivity contribution in [3.63, 3.8) is 0 Å². The van der Waals surface area contributed by atoms with Gasteiger partial charge in [-0.3, -0.25) is 14.9 Å². The second-order valence-corrected chi connectivity index (χ2v) is 6.39. The van der Waals surface area contributed by atoms with Crippen LogP contribution in [-0.2, 0) is 13.1 Å². The Morgan fingerprint density at radius 2 is 2.23 bits per heavy atom. The summed E-state index contributed by atoms with van der Waals surface area (Å²) in [4.78, 5) is 14.5. The third-order valence-corrected chi connectivity index (χ3v) is 4.32. The number of nitrogens with one attached hydrogen (secondary N) is 2. The maximum absolute atomic E-state index is 14.2. The lowest BCUT2D eigenvalue weighted by Gasteiger charge is -2.22. The minimum Gasteiger partial charge on any atom is -0.493 e. The van der Waals surface area contributed by atoms with Crippen molar-refractivity contribution < 1.29 is 13.9 Å². The van der Waals surface area contributed by atoms with E-state index in [4.69, 9.17) is 4.74 Å². The molecule has 2 heterocycles. The van der Waals surface area contributed by atoms with Crippen molar-refractivity contribution in [1.29, 1.82) is 0 Å². The predicted octanol–water partition coefficient (Wildman–Crippen LogP) is 2.75. The van der Waals surface area contributed by atoms with Crippen molar-refractivity contribution in [2.75, 3.05) is 25.5 Å². The van der Waals surface area contributed by atoms with E-state index in [0.29, 0.717) is 23.7 Å². The van der Waals surface area contributed by atoms with Crippen LogP contribution in [0.2, 0.25) is 0 Å². The van der Waals surface area contributed by atoms with E-state index in [1.807, 2.05) is 24.7 Å². The van der Waals surface area contributed by atoms with Crippen molar-refractivity contribution >= 4 is 11.8 Å². The maximum Gasteiger partial charge on any atom is 0.320 e. The van der Waals surface area contributed by atoms with Crippen LogP contribution >= 0.6 is 0 Å². The third-order valence-electron chi connectivity index (χ3n) is 4.32. The van der Waals surface area contributed by atoms with Gasteiger partial charge in [-0.05, 0) is 33.0 Å². The quantitative estimate of drug-likeness (QED) is 0.859. The number of ether oxygens (including phenoxy) is 1. The normalized spacial score (nSPS) is 15.2. The van der Waals surface area contributed by atoms with Crippen LogP contribution in [0.5, 0.6) is 5.75 Å². The van der Waals surface area contributed by atoms with Gasteiger partial charge in [-0.2, -0.15) is 5.10 Å². The molecule has 2 N–H and O–H groups in total. The van der Waals surface area contributed by atoms with Gasteiger partial charge in [0.1, 0.15) is 11.6 Å². The summed E-state index contributed by atoms with van der Waals surface area (Å²) in [6.07, 6.45) is 0. The van der Waals surface area contributed by atoms with Crippen LogP contribution in [0, 0.1) is 5.82 Å². The molecule has 1 aromatic carbocycles. The number of halogens is 1. The number of anilines is 1. The highest BCUT2D eigenvalue weighted by Gasteiger charge is 2.20. The number of fused-ring (bicyclic) bond motifs is 1. The molecular weight excluding hydrogens is 337 g/mol. The highest BCUT2D eigenvalue weighted by molar-refractivity contribution is 5.88. The molecule has 2 amide bonds. The summed E-state index contributed by atoms with van der Waals surface area (Å²) in [5.41, 5.74) is 1.38. The first kappa shape index (κ1) is 18.2. The van der Waals surface area contributed by atoms with Crippen LogP contribution in [0.1, 0.15) is 31.1 Å². The SMILES string of the molecule is CCOc1cccc(F)c1C(C)NC(=O)Nc1cc2n(n1)CCN(C)C2. The van der Waals surface area contributed by atoms with Crippen LogP contribution in [0.4, 0.5) is 15.0 Å². The summed E-state index contributed by atoms with van der Waals surface area (Å²) in [5, 5.41) is 9.85. The zero-order chi connectivity index (χ0) is 18.7. The topological polar surface area (TPSA) is 71.4 Å². The van der Waals surface area contributed by atoms with Crippen LogP contribution in [0.3, 0.4) is 0 Å². The lowest BCUT2D eigenvalue weighted by atomic mass is 10.1. The van der Waals surface area contributed by atoms with E-state index >= 15 is 0 Å². The molecule has 3 rings (SSSR count). The largest absolute Gasteiger partial charge is 0.493 e. The Morgan fingerprint density at radius 1 is 1.42 bits per heavy atom. The van der Waals surface area contributed by atoms with Crippen molar-refractivity contribution in [3.05, 3.63) is 41.3 Å². The van der Waals surface area contributed by atoms with Gasteiger partial charge in [0.05, 0.1) is 30.5 Å². The van der Waals surface area contributed by atoms with Crippen LogP contribution in [-0.4, -0.2) is 40.9 Å². The molecule has 0 aliphatic carbocycles. The van der Waals surface area contributed by atoms with Gasteiger partial charge < -0.3 is 10.1 Å². The third kappa shape index (κ3) is 3.96. The van der Waals surface area contributed by atoms with Gasteiger partial charge in [-0.25, -0.2) is 9.18 Å². The van der Waals surface area contributed by atoms with E-state index in [0.717, 1.165) is 25.3 Å². The molecule has 0 fully saturated rings. The van der Waals surface area contributed by atoms with Crippen molar-refractivity contribution in [2.45, 2.75) is 33.0 Å². The van der Waals surface area contributed by atoms with E-state index in [1.165, 1.54) is 6.07 Å². The summed E-state index contributed by atoms with van der Waals surface area (Å²) in [6, 6.07) is 5.50. The lowest BCUT2D eigenvalue weighted by Crippen LogP contribution is -2.32. The Kier molecular flexibility index (Phi) is 5.41. The fourth-order valence-corrected chi connectivity index (χ4v) is 3.10. The standard InChI is InChI=1S/C18H24FN5O2/c1-4-26-15-7-5-6-14(19)17(15)12(2)20-18(25)21-16-10-13-11-23(3)8-9-24(13)22-16/h5-7,10,12H,4,8-9,11H2,1-3H3,(H2,20,21,22,25). The molecule has 1 aromatic heterocycles. The van der Waals surface area contributed by atoms with Crippen LogP contribution in [0.25, 0.3) is 0 Å². The molecule has 26 heavy (non-hydrogen) atoms. The molecule has 0 bridgehead atoms. The number of carbonyl (C=O) groups is 1. The molecular formula is C18H24FN5O2. The maximum atomic E-state index is 14.2. The molecule has 1 atom stereocenters. The molecule has 1 aliphatic rings. The first-order chi connectivity index (χ1) is 12.5. The first-order valence-corrected chi connectivity index (χ1v) is 8.72. The number of urea groups is 1. The molecule has 1 unspecified atom stereocenters.